The van der Waals surface area contributed by atoms with Gasteiger partial charge >= 0.3 is 0 Å². The van der Waals surface area contributed by atoms with Gasteiger partial charge < -0.3 is 26.2 Å². The summed E-state index contributed by atoms with van der Waals surface area (Å²) in [7, 11) is 0. The van der Waals surface area contributed by atoms with Crippen LogP contribution in [0, 0.1) is 5.82 Å². The normalized spacial score (nSPS) is 23.1. The van der Waals surface area contributed by atoms with Gasteiger partial charge in [0.15, 0.2) is 0 Å². The van der Waals surface area contributed by atoms with Gasteiger partial charge in [0.05, 0.1) is 0 Å². The van der Waals surface area contributed by atoms with E-state index in [0.29, 0.717) is 53.9 Å². The molecule has 0 bridgehead atoms. The minimum absolute atomic E-state index is 0.0103. The van der Waals surface area contributed by atoms with E-state index >= 15 is 0 Å². The van der Waals surface area contributed by atoms with Crippen molar-refractivity contribution in [3.63, 3.8) is 0 Å². The molecular formula is C56H60F5N7O4. The molecule has 9 rings (SSSR count). The molecule has 4 atom stereocenters. The van der Waals surface area contributed by atoms with Crippen LogP contribution in [0.25, 0.3) is 0 Å². The van der Waals surface area contributed by atoms with Crippen LogP contribution < -0.4 is 16.4 Å². The molecule has 4 saturated heterocycles. The number of primary amides is 2. The Morgan fingerprint density at radius 1 is 0.486 bits per heavy atom. The second kappa shape index (κ2) is 20.5. The molecule has 4 fully saturated rings. The molecule has 4 heterocycles. The summed E-state index contributed by atoms with van der Waals surface area (Å²) in [5.74, 6) is -8.19. The number of carbonyl (C=O) groups excluding carboxylic acids is 4. The number of nitrogens with two attached hydrogens (primary N) is 2. The van der Waals surface area contributed by atoms with Crippen LogP contribution in [0.2, 0.25) is 0 Å². The van der Waals surface area contributed by atoms with Gasteiger partial charge in [-0.3, -0.25) is 29.0 Å². The number of likely N-dealkylation sites (tertiary alicyclic amines) is 4. The first kappa shape index (κ1) is 50.3. The monoisotopic (exact) mass is 989 g/mol. The molecule has 0 spiro atoms. The second-order valence-electron chi connectivity index (χ2n) is 19.8. The zero-order chi connectivity index (χ0) is 50.8. The summed E-state index contributed by atoms with van der Waals surface area (Å²) in [6.07, 6.45) is 0.0336. The number of nitrogens with zero attached hydrogens (tertiary/aromatic N) is 5. The van der Waals surface area contributed by atoms with Crippen LogP contribution in [0.5, 0.6) is 0 Å². The predicted octanol–water partition coefficient (Wildman–Crippen LogP) is 8.58. The lowest BCUT2D eigenvalue weighted by Crippen LogP contribution is -2.57. The molecule has 378 valence electrons. The number of carbonyl (C=O) groups is 4. The summed E-state index contributed by atoms with van der Waals surface area (Å²) in [4.78, 5) is 65.7. The Hall–Kier alpha value is -6.65. The number of hydrogen-bond acceptors (Lipinski definition) is 7. The average Bonchev–Trinajstić information content (AvgIpc) is 4.04. The maximum atomic E-state index is 14.8. The van der Waals surface area contributed by atoms with Gasteiger partial charge in [0.25, 0.3) is 11.8 Å². The van der Waals surface area contributed by atoms with Crippen LogP contribution in [-0.4, -0.2) is 94.3 Å². The largest absolute Gasteiger partial charge is 0.367 e. The van der Waals surface area contributed by atoms with Crippen molar-refractivity contribution >= 4 is 29.3 Å². The first-order chi connectivity index (χ1) is 34.5. The van der Waals surface area contributed by atoms with Crippen molar-refractivity contribution in [3.05, 3.63) is 173 Å². The zero-order valence-electron chi connectivity index (χ0n) is 40.1. The van der Waals surface area contributed by atoms with E-state index in [1.807, 2.05) is 41.3 Å². The highest BCUT2D eigenvalue weighted by molar-refractivity contribution is 5.95. The fraction of sp³-hybridized carbons (Fsp3) is 0.393. The molecule has 4 amide bonds. The van der Waals surface area contributed by atoms with Gasteiger partial charge in [-0.25, -0.2) is 22.0 Å². The van der Waals surface area contributed by atoms with Crippen molar-refractivity contribution in [2.45, 2.75) is 99.5 Å². The summed E-state index contributed by atoms with van der Waals surface area (Å²) >= 11 is 0. The highest BCUT2D eigenvalue weighted by Crippen LogP contribution is 2.45. The maximum Gasteiger partial charge on any atom is 0.250 e. The van der Waals surface area contributed by atoms with Gasteiger partial charge in [-0.05, 0) is 83.3 Å². The first-order valence-corrected chi connectivity index (χ1v) is 24.8. The smallest absolute Gasteiger partial charge is 0.250 e. The minimum atomic E-state index is -2.82. The summed E-state index contributed by atoms with van der Waals surface area (Å²) in [6.45, 7) is 1.19. The quantitative estimate of drug-likeness (QED) is 0.100. The molecule has 4 N–H and O–H groups in total. The van der Waals surface area contributed by atoms with E-state index in [0.717, 1.165) is 11.1 Å². The molecule has 5 aromatic rings. The number of amides is 4. The fourth-order valence-corrected chi connectivity index (χ4v) is 11.5. The first-order valence-electron chi connectivity index (χ1n) is 24.8. The Morgan fingerprint density at radius 2 is 0.847 bits per heavy atom. The number of rotatable bonds is 15. The van der Waals surface area contributed by atoms with Gasteiger partial charge in [-0.2, -0.15) is 0 Å². The van der Waals surface area contributed by atoms with Crippen molar-refractivity contribution in [3.8, 4) is 0 Å². The van der Waals surface area contributed by atoms with E-state index in [4.69, 9.17) is 11.5 Å². The van der Waals surface area contributed by atoms with Crippen LogP contribution in [0.4, 0.5) is 27.6 Å². The number of benzene rings is 5. The number of hydrogen-bond donors (Lipinski definition) is 2. The van der Waals surface area contributed by atoms with Gasteiger partial charge in [0.2, 0.25) is 23.6 Å². The summed E-state index contributed by atoms with van der Waals surface area (Å²) < 4.78 is 71.7. The van der Waals surface area contributed by atoms with Crippen LogP contribution in [0.1, 0.15) is 96.8 Å². The minimum Gasteiger partial charge on any atom is -0.367 e. The molecule has 5 aromatic carbocycles. The van der Waals surface area contributed by atoms with E-state index in [-0.39, 0.29) is 89.6 Å². The standard InChI is InChI=1S/C56H60F5N7O4/c57-45-21-23-46(24-22-45)66(37-39-13-17-43(18-14-39)55(51(62)71)25-7-31-67(55)49(69)47(41-9-3-1-4-10-41)64-33-27-53(58,59)28-34-64)38-40-15-19-44(20-16-40)56(52(63)72)26-8-32-68(56)50(70)48(42-11-5-2-6-12-42)65-35-29-54(60,61)30-36-65/h1-6,9-24,47-48H,7-8,25-38H2,(H2,62,71)(H2,63,72). The van der Waals surface area contributed by atoms with Gasteiger partial charge in [0.1, 0.15) is 29.0 Å². The molecule has 72 heavy (non-hydrogen) atoms. The Bertz CT molecular complexity index is 2550. The lowest BCUT2D eigenvalue weighted by Gasteiger charge is -2.42. The number of halogens is 5. The Labute approximate surface area is 416 Å². The lowest BCUT2D eigenvalue weighted by molar-refractivity contribution is -0.150. The molecule has 0 radical (unpaired) electrons. The third-order valence-electron chi connectivity index (χ3n) is 15.4. The van der Waals surface area contributed by atoms with E-state index in [1.54, 1.807) is 94.7 Å². The molecule has 11 nitrogen and oxygen atoms in total. The van der Waals surface area contributed by atoms with Crippen molar-refractivity contribution in [2.24, 2.45) is 11.5 Å². The van der Waals surface area contributed by atoms with Crippen LogP contribution in [0.15, 0.2) is 133 Å². The van der Waals surface area contributed by atoms with Crippen LogP contribution >= 0.6 is 0 Å². The summed E-state index contributed by atoms with van der Waals surface area (Å²) in [5.41, 5.74) is 14.2. The second-order valence-corrected chi connectivity index (χ2v) is 19.8. The van der Waals surface area contributed by atoms with Gasteiger partial charge in [-0.1, -0.05) is 109 Å². The average molecular weight is 990 g/mol. The molecule has 16 heteroatoms. The Kier molecular flexibility index (Phi) is 14.3. The Morgan fingerprint density at radius 3 is 1.19 bits per heavy atom. The summed E-state index contributed by atoms with van der Waals surface area (Å²) in [5, 5.41) is 0. The highest BCUT2D eigenvalue weighted by atomic mass is 19.3. The molecule has 4 aliphatic rings. The van der Waals surface area contributed by atoms with Gasteiger partial charge in [-0.15, -0.1) is 0 Å². The van der Waals surface area contributed by atoms with Crippen molar-refractivity contribution < 1.29 is 41.1 Å². The summed E-state index contributed by atoms with van der Waals surface area (Å²) in [6, 6.07) is 36.9. The van der Waals surface area contributed by atoms with E-state index in [9.17, 15) is 41.1 Å². The third kappa shape index (κ3) is 9.95. The fourth-order valence-electron chi connectivity index (χ4n) is 11.5. The van der Waals surface area contributed by atoms with E-state index < -0.39 is 52.6 Å². The SMILES string of the molecule is NC(=O)C1(c2ccc(CN(Cc3ccc(C4(C(N)=O)CCCN4C(=O)C(c4ccccc4)N4CCC(F)(F)CC4)cc3)c3ccc(F)cc3)cc2)CCCN1C(=O)C(c1ccccc1)N1CCC(F)(F)CC1. The number of alkyl halides is 4. The Balaban J connectivity index is 0.966. The van der Waals surface area contributed by atoms with Crippen molar-refractivity contribution in [1.82, 2.24) is 19.6 Å². The molecule has 0 aliphatic carbocycles. The van der Waals surface area contributed by atoms with E-state index in [1.165, 1.54) is 21.9 Å². The van der Waals surface area contributed by atoms with Crippen molar-refractivity contribution in [2.75, 3.05) is 44.2 Å². The van der Waals surface area contributed by atoms with E-state index in [2.05, 4.69) is 0 Å². The lowest BCUT2D eigenvalue weighted by atomic mass is 9.85. The molecule has 4 aliphatic heterocycles. The van der Waals surface area contributed by atoms with Crippen LogP contribution in [-0.2, 0) is 43.3 Å². The maximum absolute atomic E-state index is 14.8. The predicted molar refractivity (Wildman–Crippen MR) is 263 cm³/mol. The molecule has 0 saturated carbocycles. The van der Waals surface area contributed by atoms with Gasteiger partial charge in [0, 0.05) is 83.7 Å². The van der Waals surface area contributed by atoms with Crippen LogP contribution in [0.3, 0.4) is 0 Å². The zero-order valence-corrected chi connectivity index (χ0v) is 40.1. The highest BCUT2D eigenvalue weighted by Gasteiger charge is 2.54. The molecule has 4 unspecified atom stereocenters. The number of anilines is 1. The molecular weight excluding hydrogens is 930 g/mol. The van der Waals surface area contributed by atoms with Crippen molar-refractivity contribution in [1.29, 1.82) is 0 Å². The third-order valence-corrected chi connectivity index (χ3v) is 15.4. The number of piperidine rings is 2. The molecule has 0 aromatic heterocycles. The topological polar surface area (TPSA) is 137 Å².